The van der Waals surface area contributed by atoms with Gasteiger partial charge in [0.25, 0.3) is 0 Å². The Labute approximate surface area is 79.9 Å². The first-order valence-electron chi connectivity index (χ1n) is 2.83. The van der Waals surface area contributed by atoms with Gasteiger partial charge in [0.2, 0.25) is 3.49 Å². The molecular weight excluding hydrogens is 282 g/mol. The second kappa shape index (κ2) is 3.19. The molecule has 0 N–H and O–H groups in total. The van der Waals surface area contributed by atoms with Crippen molar-refractivity contribution in [1.29, 1.82) is 0 Å². The Hall–Kier alpha value is 0.0400. The van der Waals surface area contributed by atoms with Crippen molar-refractivity contribution < 1.29 is 8.78 Å². The molecule has 0 saturated carbocycles. The fourth-order valence-corrected chi connectivity index (χ4v) is 1.17. The largest absolute Gasteiger partial charge is 0.244 e. The van der Waals surface area contributed by atoms with Gasteiger partial charge < -0.3 is 0 Å². The molecule has 1 aromatic rings. The monoisotopic (exact) mass is 284 g/mol. The van der Waals surface area contributed by atoms with Crippen molar-refractivity contribution in [1.82, 2.24) is 0 Å². The van der Waals surface area contributed by atoms with Crippen molar-refractivity contribution in [2.45, 2.75) is 3.49 Å². The summed E-state index contributed by atoms with van der Waals surface area (Å²) in [6.07, 6.45) is 0. The van der Waals surface area contributed by atoms with E-state index in [1.807, 2.05) is 0 Å². The highest BCUT2D eigenvalue weighted by atomic mass is 79.9. The minimum Gasteiger partial charge on any atom is -0.213 e. The zero-order valence-electron chi connectivity index (χ0n) is 5.32. The Bertz CT molecular complexity index is 238. The molecule has 1 rings (SSSR count). The first-order chi connectivity index (χ1) is 5.00. The van der Waals surface area contributed by atoms with Crippen LogP contribution in [0.25, 0.3) is 0 Å². The van der Waals surface area contributed by atoms with Crippen molar-refractivity contribution in [3.8, 4) is 0 Å². The highest BCUT2D eigenvalue weighted by Gasteiger charge is 2.23. The lowest BCUT2D eigenvalue weighted by Gasteiger charge is -2.09. The van der Waals surface area contributed by atoms with Crippen LogP contribution in [0, 0.1) is 5.82 Å². The minimum atomic E-state index is -1.76. The fraction of sp³-hybridized carbons (Fsp3) is 0.143. The van der Waals surface area contributed by atoms with Crippen LogP contribution in [0.4, 0.5) is 8.78 Å². The van der Waals surface area contributed by atoms with Crippen LogP contribution in [0.15, 0.2) is 24.3 Å². The predicted octanol–water partition coefficient (Wildman–Crippen LogP) is 3.70. The number of hydrogen-bond acceptors (Lipinski definition) is 0. The molecule has 0 bridgehead atoms. The van der Waals surface area contributed by atoms with Crippen molar-refractivity contribution in [3.05, 3.63) is 35.6 Å². The van der Waals surface area contributed by atoms with E-state index in [2.05, 4.69) is 31.9 Å². The van der Waals surface area contributed by atoms with E-state index in [0.29, 0.717) is 5.56 Å². The number of alkyl halides is 3. The Kier molecular flexibility index (Phi) is 2.65. The van der Waals surface area contributed by atoms with E-state index >= 15 is 0 Å². The first kappa shape index (κ1) is 9.13. The molecule has 0 spiro atoms. The molecule has 0 amide bonds. The van der Waals surface area contributed by atoms with Gasteiger partial charge in [-0.05, 0) is 44.0 Å². The number of halogens is 4. The third-order valence-corrected chi connectivity index (χ3v) is 2.09. The molecular formula is C7H4Br2F2. The van der Waals surface area contributed by atoms with Gasteiger partial charge in [0.15, 0.2) is 0 Å². The summed E-state index contributed by atoms with van der Waals surface area (Å²) < 4.78 is 23.5. The van der Waals surface area contributed by atoms with Crippen molar-refractivity contribution in [2.75, 3.05) is 0 Å². The molecule has 1 aromatic carbocycles. The molecule has 0 heterocycles. The molecule has 0 nitrogen and oxygen atoms in total. The van der Waals surface area contributed by atoms with Gasteiger partial charge >= 0.3 is 0 Å². The second-order valence-electron chi connectivity index (χ2n) is 2.00. The summed E-state index contributed by atoms with van der Waals surface area (Å²) in [5.74, 6) is -0.377. The molecule has 0 saturated heterocycles. The molecule has 0 aliphatic carbocycles. The SMILES string of the molecule is Fc1ccc(C(F)(Br)Br)cc1. The quantitative estimate of drug-likeness (QED) is 0.690. The second-order valence-corrected chi connectivity index (χ2v) is 5.25. The maximum absolute atomic E-state index is 13.0. The summed E-state index contributed by atoms with van der Waals surface area (Å²) in [6, 6.07) is 5.12. The fourth-order valence-electron chi connectivity index (χ4n) is 0.639. The van der Waals surface area contributed by atoms with E-state index in [9.17, 15) is 8.78 Å². The lowest BCUT2D eigenvalue weighted by atomic mass is 10.2. The van der Waals surface area contributed by atoms with Gasteiger partial charge in [-0.2, -0.15) is 0 Å². The Morgan fingerprint density at radius 3 is 1.91 bits per heavy atom. The molecule has 4 heteroatoms. The molecule has 0 aliphatic rings. The van der Waals surface area contributed by atoms with Crippen LogP contribution in [0.1, 0.15) is 5.56 Å². The van der Waals surface area contributed by atoms with Crippen LogP contribution in [-0.4, -0.2) is 0 Å². The normalized spacial score (nSPS) is 11.6. The third kappa shape index (κ3) is 2.52. The van der Waals surface area contributed by atoms with Gasteiger partial charge in [-0.1, -0.05) is 12.1 Å². The van der Waals surface area contributed by atoms with Gasteiger partial charge in [-0.3, -0.25) is 0 Å². The zero-order chi connectivity index (χ0) is 8.48. The molecule has 0 aromatic heterocycles. The molecule has 0 atom stereocenters. The van der Waals surface area contributed by atoms with Gasteiger partial charge in [0.1, 0.15) is 5.82 Å². The van der Waals surface area contributed by atoms with Gasteiger partial charge in [0, 0.05) is 5.56 Å². The van der Waals surface area contributed by atoms with Gasteiger partial charge in [-0.15, -0.1) is 0 Å². The van der Waals surface area contributed by atoms with Crippen LogP contribution in [0.2, 0.25) is 0 Å². The average molecular weight is 286 g/mol. The molecule has 0 aliphatic heterocycles. The molecule has 11 heavy (non-hydrogen) atoms. The Morgan fingerprint density at radius 1 is 1.09 bits per heavy atom. The lowest BCUT2D eigenvalue weighted by Crippen LogP contribution is -1.98. The van der Waals surface area contributed by atoms with Gasteiger partial charge in [0.05, 0.1) is 0 Å². The van der Waals surface area contributed by atoms with E-state index < -0.39 is 3.49 Å². The van der Waals surface area contributed by atoms with E-state index in [0.717, 1.165) is 0 Å². The maximum Gasteiger partial charge on any atom is 0.244 e. The third-order valence-electron chi connectivity index (χ3n) is 1.17. The van der Waals surface area contributed by atoms with Gasteiger partial charge in [-0.25, -0.2) is 8.78 Å². The number of hydrogen-bond donors (Lipinski definition) is 0. The average Bonchev–Trinajstić information content (AvgIpc) is 1.86. The summed E-state index contributed by atoms with van der Waals surface area (Å²) in [7, 11) is 0. The minimum absolute atomic E-state index is 0.332. The highest BCUT2D eigenvalue weighted by molar-refractivity contribution is 9.24. The Morgan fingerprint density at radius 2 is 1.55 bits per heavy atom. The maximum atomic E-state index is 13.0. The summed E-state index contributed by atoms with van der Waals surface area (Å²) >= 11 is 5.48. The van der Waals surface area contributed by atoms with Crippen LogP contribution >= 0.6 is 31.9 Å². The summed E-state index contributed by atoms with van der Waals surface area (Å²) in [4.78, 5) is 0. The smallest absolute Gasteiger partial charge is 0.213 e. The van der Waals surface area contributed by atoms with E-state index in [1.165, 1.54) is 24.3 Å². The van der Waals surface area contributed by atoms with E-state index in [4.69, 9.17) is 0 Å². The van der Waals surface area contributed by atoms with Crippen molar-refractivity contribution in [2.24, 2.45) is 0 Å². The topological polar surface area (TPSA) is 0 Å². The molecule has 60 valence electrons. The van der Waals surface area contributed by atoms with Crippen LogP contribution in [0.5, 0.6) is 0 Å². The van der Waals surface area contributed by atoms with Crippen molar-refractivity contribution >= 4 is 31.9 Å². The predicted molar refractivity (Wildman–Crippen MR) is 47.0 cm³/mol. The van der Waals surface area contributed by atoms with Crippen LogP contribution in [0.3, 0.4) is 0 Å². The summed E-state index contributed by atoms with van der Waals surface area (Å²) in [5.41, 5.74) is 0.332. The summed E-state index contributed by atoms with van der Waals surface area (Å²) in [5, 5.41) is 0. The van der Waals surface area contributed by atoms with Crippen LogP contribution in [-0.2, 0) is 3.49 Å². The Balaban J connectivity index is 2.99. The number of rotatable bonds is 1. The van der Waals surface area contributed by atoms with Crippen molar-refractivity contribution in [3.63, 3.8) is 0 Å². The van der Waals surface area contributed by atoms with E-state index in [-0.39, 0.29) is 5.82 Å². The highest BCUT2D eigenvalue weighted by Crippen LogP contribution is 2.39. The zero-order valence-corrected chi connectivity index (χ0v) is 8.49. The van der Waals surface area contributed by atoms with Crippen LogP contribution < -0.4 is 0 Å². The molecule has 0 fully saturated rings. The standard InChI is InChI=1S/C7H4Br2F2/c8-7(9,11)5-1-3-6(10)4-2-5/h1-4H. The molecule has 0 radical (unpaired) electrons. The number of benzene rings is 1. The van der Waals surface area contributed by atoms with E-state index in [1.54, 1.807) is 0 Å². The first-order valence-corrected chi connectivity index (χ1v) is 4.41. The molecule has 0 unspecified atom stereocenters. The summed E-state index contributed by atoms with van der Waals surface area (Å²) in [6.45, 7) is 0. The lowest BCUT2D eigenvalue weighted by molar-refractivity contribution is 0.444.